The first-order valence-corrected chi connectivity index (χ1v) is 30.6. The molecule has 6 heteroatoms. The van der Waals surface area contributed by atoms with E-state index < -0.39 is 6.10 Å². The minimum atomic E-state index is -0.824. The molecule has 0 saturated carbocycles. The number of unbranched alkanes of at least 4 members (excludes halogenated alkanes) is 14. The molecule has 0 amide bonds. The van der Waals surface area contributed by atoms with Crippen molar-refractivity contribution < 1.29 is 28.6 Å². The average molecular weight is 1060 g/mol. The highest BCUT2D eigenvalue weighted by atomic mass is 16.6. The summed E-state index contributed by atoms with van der Waals surface area (Å²) in [6.45, 7) is 6.22. The van der Waals surface area contributed by atoms with Crippen LogP contribution in [0.2, 0.25) is 0 Å². The molecule has 1 unspecified atom stereocenters. The lowest BCUT2D eigenvalue weighted by Gasteiger charge is -2.18. The number of ether oxygens (including phenoxy) is 3. The predicted octanol–water partition coefficient (Wildman–Crippen LogP) is 21.1. The maximum Gasteiger partial charge on any atom is 0.306 e. The van der Waals surface area contributed by atoms with E-state index in [1.54, 1.807) is 0 Å². The number of carbonyl (C=O) groups is 3. The van der Waals surface area contributed by atoms with E-state index in [2.05, 4.69) is 191 Å². The van der Waals surface area contributed by atoms with Crippen LogP contribution >= 0.6 is 0 Å². The van der Waals surface area contributed by atoms with Crippen LogP contribution in [-0.4, -0.2) is 37.2 Å². The van der Waals surface area contributed by atoms with E-state index in [4.69, 9.17) is 14.2 Å². The molecule has 0 heterocycles. The first-order valence-electron chi connectivity index (χ1n) is 30.6. The highest BCUT2D eigenvalue weighted by Gasteiger charge is 2.19. The lowest BCUT2D eigenvalue weighted by molar-refractivity contribution is -0.167. The van der Waals surface area contributed by atoms with Crippen molar-refractivity contribution in [1.82, 2.24) is 0 Å². The minimum Gasteiger partial charge on any atom is -0.462 e. The smallest absolute Gasteiger partial charge is 0.306 e. The Morgan fingerprint density at radius 1 is 0.260 bits per heavy atom. The van der Waals surface area contributed by atoms with E-state index in [1.165, 1.54) is 32.1 Å². The monoisotopic (exact) mass is 1060 g/mol. The van der Waals surface area contributed by atoms with Crippen LogP contribution in [0.15, 0.2) is 170 Å². The van der Waals surface area contributed by atoms with Crippen molar-refractivity contribution in [3.8, 4) is 0 Å². The van der Waals surface area contributed by atoms with Crippen LogP contribution in [0.3, 0.4) is 0 Å². The van der Waals surface area contributed by atoms with Gasteiger partial charge in [0.05, 0.1) is 0 Å². The molecule has 430 valence electrons. The van der Waals surface area contributed by atoms with E-state index in [-0.39, 0.29) is 37.5 Å². The van der Waals surface area contributed by atoms with E-state index in [9.17, 15) is 14.4 Å². The van der Waals surface area contributed by atoms with Crippen LogP contribution in [0.5, 0.6) is 0 Å². The zero-order chi connectivity index (χ0) is 55.7. The molecule has 0 aromatic carbocycles. The van der Waals surface area contributed by atoms with Gasteiger partial charge in [0.1, 0.15) is 13.2 Å². The maximum atomic E-state index is 12.9. The summed E-state index contributed by atoms with van der Waals surface area (Å²) < 4.78 is 16.8. The molecule has 0 aromatic heterocycles. The predicted molar refractivity (Wildman–Crippen MR) is 334 cm³/mol. The fourth-order valence-electron chi connectivity index (χ4n) is 7.73. The summed E-state index contributed by atoms with van der Waals surface area (Å²) in [6.07, 6.45) is 93.5. The van der Waals surface area contributed by atoms with E-state index in [0.717, 1.165) is 161 Å². The fraction of sp³-hybridized carbons (Fsp3) is 0.563. The molecule has 0 aromatic rings. The molecule has 0 spiro atoms. The normalized spacial score (nSPS) is 13.3. The Hall–Kier alpha value is -5.23. The third kappa shape index (κ3) is 61.5. The number of hydrogen-bond donors (Lipinski definition) is 0. The van der Waals surface area contributed by atoms with Gasteiger partial charge in [0.2, 0.25) is 0 Å². The highest BCUT2D eigenvalue weighted by Crippen LogP contribution is 2.14. The fourth-order valence-corrected chi connectivity index (χ4v) is 7.73. The molecule has 0 rings (SSSR count). The molecule has 0 saturated heterocycles. The van der Waals surface area contributed by atoms with Crippen molar-refractivity contribution in [2.24, 2.45) is 0 Å². The standard InChI is InChI=1S/C71H110O6/c1-4-7-10-13-16-19-22-25-28-30-32-34-35-37-38-40-43-46-49-52-55-58-61-64-70(73)76-67-68(66-75-69(72)63-60-57-54-51-48-45-42-27-24-21-18-15-12-9-6-3)77-71(74)65-62-59-56-53-50-47-44-41-39-36-33-31-29-26-23-20-17-14-11-8-5-2/h7-12,16-21,25-29,32-34,36-38,42-43,46,52,55,68H,4-6,13-15,22-24,30-31,35,39-41,44-45,47-51,53-54,56-67H2,1-3H3/b10-7-,11-8-,12-9-,19-16-,20-17-,21-18-,28-25-,29-26-,34-32-,36-33-,38-37-,42-27-,46-43-,55-52-. The van der Waals surface area contributed by atoms with Gasteiger partial charge in [0.25, 0.3) is 0 Å². The molecule has 6 nitrogen and oxygen atoms in total. The SMILES string of the molecule is CC/C=C\C/C=C\C/C=C\C/C=C\C/C=C\C/C=C\C/C=C\CCCC(=O)OCC(COC(=O)CCCCCCC/C=C\C/C=C\C/C=C\CC)OC(=O)CCCCCCCCCC/C=C\C/C=C\C/C=C\C/C=C\CC. The first kappa shape index (κ1) is 71.8. The minimum absolute atomic E-state index is 0.117. The van der Waals surface area contributed by atoms with Crippen molar-refractivity contribution >= 4 is 17.9 Å². The Labute approximate surface area is 472 Å². The molecular weight excluding hydrogens is 949 g/mol. The van der Waals surface area contributed by atoms with Crippen molar-refractivity contribution in [3.63, 3.8) is 0 Å². The van der Waals surface area contributed by atoms with Crippen molar-refractivity contribution in [2.75, 3.05) is 13.2 Å². The summed E-state index contributed by atoms with van der Waals surface area (Å²) in [7, 11) is 0. The van der Waals surface area contributed by atoms with Crippen molar-refractivity contribution in [3.05, 3.63) is 170 Å². The lowest BCUT2D eigenvalue weighted by Crippen LogP contribution is -2.30. The van der Waals surface area contributed by atoms with Gasteiger partial charge in [-0.05, 0) is 141 Å². The first-order chi connectivity index (χ1) is 38.0. The van der Waals surface area contributed by atoms with E-state index >= 15 is 0 Å². The second kappa shape index (κ2) is 63.3. The van der Waals surface area contributed by atoms with Gasteiger partial charge >= 0.3 is 17.9 Å². The van der Waals surface area contributed by atoms with Crippen LogP contribution in [0.25, 0.3) is 0 Å². The van der Waals surface area contributed by atoms with Gasteiger partial charge in [-0.2, -0.15) is 0 Å². The number of esters is 3. The quantitative estimate of drug-likeness (QED) is 0.0261. The van der Waals surface area contributed by atoms with Gasteiger partial charge in [-0.25, -0.2) is 0 Å². The molecule has 0 fully saturated rings. The van der Waals surface area contributed by atoms with Crippen molar-refractivity contribution in [2.45, 2.75) is 245 Å². The average Bonchev–Trinajstić information content (AvgIpc) is 3.43. The Kier molecular flexibility index (Phi) is 59.0. The zero-order valence-corrected chi connectivity index (χ0v) is 49.1. The van der Waals surface area contributed by atoms with E-state index in [1.807, 2.05) is 0 Å². The molecule has 0 aliphatic carbocycles. The topological polar surface area (TPSA) is 78.9 Å². The summed E-state index contributed by atoms with van der Waals surface area (Å²) in [5, 5.41) is 0. The molecule has 0 radical (unpaired) electrons. The Balaban J connectivity index is 4.55. The molecule has 0 N–H and O–H groups in total. The lowest BCUT2D eigenvalue weighted by atomic mass is 10.1. The molecular formula is C71H110O6. The van der Waals surface area contributed by atoms with Gasteiger partial charge in [-0.1, -0.05) is 249 Å². The number of hydrogen-bond acceptors (Lipinski definition) is 6. The van der Waals surface area contributed by atoms with Gasteiger partial charge in [-0.15, -0.1) is 0 Å². The van der Waals surface area contributed by atoms with Gasteiger partial charge < -0.3 is 14.2 Å². The van der Waals surface area contributed by atoms with Gasteiger partial charge in [0, 0.05) is 19.3 Å². The highest BCUT2D eigenvalue weighted by molar-refractivity contribution is 5.71. The van der Waals surface area contributed by atoms with Crippen molar-refractivity contribution in [1.29, 1.82) is 0 Å². The molecule has 1 atom stereocenters. The zero-order valence-electron chi connectivity index (χ0n) is 49.1. The maximum absolute atomic E-state index is 12.9. The second-order valence-electron chi connectivity index (χ2n) is 19.5. The summed E-state index contributed by atoms with van der Waals surface area (Å²) >= 11 is 0. The Morgan fingerprint density at radius 2 is 0.481 bits per heavy atom. The van der Waals surface area contributed by atoms with Crippen LogP contribution in [0.4, 0.5) is 0 Å². The van der Waals surface area contributed by atoms with Crippen LogP contribution < -0.4 is 0 Å². The molecule has 77 heavy (non-hydrogen) atoms. The number of rotatable bonds is 53. The largest absolute Gasteiger partial charge is 0.462 e. The summed E-state index contributed by atoms with van der Waals surface area (Å²) in [5.41, 5.74) is 0. The Morgan fingerprint density at radius 3 is 0.779 bits per heavy atom. The van der Waals surface area contributed by atoms with Crippen LogP contribution in [0.1, 0.15) is 239 Å². The summed E-state index contributed by atoms with van der Waals surface area (Å²) in [6, 6.07) is 0. The number of carbonyl (C=O) groups excluding carboxylic acids is 3. The molecule has 0 bridgehead atoms. The number of allylic oxidation sites excluding steroid dienone is 28. The Bertz CT molecular complexity index is 1790. The second-order valence-corrected chi connectivity index (χ2v) is 19.5. The summed E-state index contributed by atoms with van der Waals surface area (Å²) in [5.74, 6) is -1.01. The van der Waals surface area contributed by atoms with E-state index in [0.29, 0.717) is 19.3 Å². The van der Waals surface area contributed by atoms with Gasteiger partial charge in [0.15, 0.2) is 6.10 Å². The van der Waals surface area contributed by atoms with Gasteiger partial charge in [-0.3, -0.25) is 14.4 Å². The third-order valence-electron chi connectivity index (χ3n) is 12.2. The molecule has 0 aliphatic rings. The summed E-state index contributed by atoms with van der Waals surface area (Å²) in [4.78, 5) is 38.3. The van der Waals surface area contributed by atoms with Crippen LogP contribution in [0, 0.1) is 0 Å². The molecule has 0 aliphatic heterocycles. The van der Waals surface area contributed by atoms with Crippen LogP contribution in [-0.2, 0) is 28.6 Å². The third-order valence-corrected chi connectivity index (χ3v) is 12.2.